The zero-order chi connectivity index (χ0) is 13.6. The van der Waals surface area contributed by atoms with Crippen molar-refractivity contribution in [3.8, 4) is 0 Å². The molecule has 0 aliphatic carbocycles. The Morgan fingerprint density at radius 2 is 1.89 bits per heavy atom. The number of hydrogen-bond donors (Lipinski definition) is 1. The van der Waals surface area contributed by atoms with E-state index in [9.17, 15) is 13.2 Å². The van der Waals surface area contributed by atoms with Crippen LogP contribution >= 0.6 is 0 Å². The van der Waals surface area contributed by atoms with Crippen LogP contribution in [0.3, 0.4) is 0 Å². The number of likely N-dealkylation sites (tertiary alicyclic amines) is 1. The number of hydrogen-bond acceptors (Lipinski definition) is 4. The molecule has 1 aliphatic rings. The van der Waals surface area contributed by atoms with Gasteiger partial charge in [0.05, 0.1) is 11.8 Å². The summed E-state index contributed by atoms with van der Waals surface area (Å²) < 4.78 is 23.0. The van der Waals surface area contributed by atoms with E-state index in [4.69, 9.17) is 0 Å². The molecular weight excluding hydrogens is 252 g/mol. The molecule has 5 nitrogen and oxygen atoms in total. The van der Waals surface area contributed by atoms with Gasteiger partial charge in [0.25, 0.3) is 0 Å². The van der Waals surface area contributed by atoms with Gasteiger partial charge in [-0.2, -0.15) is 0 Å². The number of nitrogens with zero attached hydrogens (tertiary/aromatic N) is 1. The van der Waals surface area contributed by atoms with E-state index in [2.05, 4.69) is 5.32 Å². The molecule has 1 aliphatic heterocycles. The van der Waals surface area contributed by atoms with E-state index in [1.807, 2.05) is 11.8 Å². The molecule has 1 rings (SSSR count). The number of rotatable bonds is 7. The summed E-state index contributed by atoms with van der Waals surface area (Å²) in [5.41, 5.74) is 0. The van der Waals surface area contributed by atoms with Gasteiger partial charge in [0.15, 0.2) is 9.84 Å². The van der Waals surface area contributed by atoms with E-state index in [-0.39, 0.29) is 23.5 Å². The maximum Gasteiger partial charge on any atom is 0.239 e. The molecule has 1 N–H and O–H groups in total. The van der Waals surface area contributed by atoms with Gasteiger partial charge in [-0.05, 0) is 26.2 Å². The molecule has 0 radical (unpaired) electrons. The first kappa shape index (κ1) is 15.4. The highest BCUT2D eigenvalue weighted by molar-refractivity contribution is 7.91. The van der Waals surface area contributed by atoms with Gasteiger partial charge in [-0.15, -0.1) is 0 Å². The summed E-state index contributed by atoms with van der Waals surface area (Å²) in [6.45, 7) is 5.67. The van der Waals surface area contributed by atoms with Crippen molar-refractivity contribution in [2.75, 3.05) is 31.1 Å². The average molecular weight is 276 g/mol. The summed E-state index contributed by atoms with van der Waals surface area (Å²) in [5, 5.41) is 3.00. The molecule has 0 bridgehead atoms. The first-order valence-electron chi connectivity index (χ1n) is 6.69. The molecule has 0 spiro atoms. The van der Waals surface area contributed by atoms with Crippen LogP contribution in [0.2, 0.25) is 0 Å². The first-order valence-corrected chi connectivity index (χ1v) is 8.51. The minimum Gasteiger partial charge on any atom is -0.341 e. The Kier molecular flexibility index (Phi) is 6.08. The molecule has 1 atom stereocenters. The van der Waals surface area contributed by atoms with Crippen molar-refractivity contribution < 1.29 is 13.2 Å². The van der Waals surface area contributed by atoms with Gasteiger partial charge in [0, 0.05) is 25.4 Å². The van der Waals surface area contributed by atoms with Crippen molar-refractivity contribution in [2.45, 2.75) is 39.2 Å². The maximum atomic E-state index is 11.9. The van der Waals surface area contributed by atoms with E-state index in [0.29, 0.717) is 13.0 Å². The molecule has 0 saturated carbocycles. The summed E-state index contributed by atoms with van der Waals surface area (Å²) in [6, 6.07) is -0.292. The number of amides is 1. The minimum atomic E-state index is -2.96. The van der Waals surface area contributed by atoms with E-state index in [1.54, 1.807) is 6.92 Å². The maximum absolute atomic E-state index is 11.9. The van der Waals surface area contributed by atoms with Crippen LogP contribution in [0, 0.1) is 0 Å². The van der Waals surface area contributed by atoms with Crippen LogP contribution in [0.4, 0.5) is 0 Å². The standard InChI is InChI=1S/C12H24N2O3S/c1-3-9-18(16,17)10-6-13-11(2)12(15)14-7-4-5-8-14/h11,13H,3-10H2,1-2H3. The second kappa shape index (κ2) is 7.09. The molecule has 0 aromatic rings. The van der Waals surface area contributed by atoms with Crippen LogP contribution in [-0.4, -0.2) is 56.4 Å². The molecule has 6 heteroatoms. The van der Waals surface area contributed by atoms with Crippen molar-refractivity contribution in [1.29, 1.82) is 0 Å². The van der Waals surface area contributed by atoms with Crippen LogP contribution < -0.4 is 5.32 Å². The minimum absolute atomic E-state index is 0.0837. The quantitative estimate of drug-likeness (QED) is 0.731. The lowest BCUT2D eigenvalue weighted by Gasteiger charge is -2.21. The Morgan fingerprint density at radius 1 is 1.28 bits per heavy atom. The van der Waals surface area contributed by atoms with E-state index < -0.39 is 9.84 Å². The third-order valence-corrected chi connectivity index (χ3v) is 5.02. The number of carbonyl (C=O) groups is 1. The summed E-state index contributed by atoms with van der Waals surface area (Å²) in [5.74, 6) is 0.419. The van der Waals surface area contributed by atoms with E-state index in [0.717, 1.165) is 25.9 Å². The Hall–Kier alpha value is -0.620. The smallest absolute Gasteiger partial charge is 0.239 e. The molecule has 0 aromatic heterocycles. The summed E-state index contributed by atoms with van der Waals surface area (Å²) in [7, 11) is -2.96. The third kappa shape index (κ3) is 4.94. The summed E-state index contributed by atoms with van der Waals surface area (Å²) in [6.07, 6.45) is 2.79. The van der Waals surface area contributed by atoms with Crippen molar-refractivity contribution in [2.24, 2.45) is 0 Å². The summed E-state index contributed by atoms with van der Waals surface area (Å²) >= 11 is 0. The van der Waals surface area contributed by atoms with Gasteiger partial charge in [-0.3, -0.25) is 4.79 Å². The van der Waals surface area contributed by atoms with Crippen molar-refractivity contribution >= 4 is 15.7 Å². The number of carbonyl (C=O) groups excluding carboxylic acids is 1. The van der Waals surface area contributed by atoms with Crippen LogP contribution in [0.1, 0.15) is 33.1 Å². The lowest BCUT2D eigenvalue weighted by Crippen LogP contribution is -2.45. The molecular formula is C12H24N2O3S. The van der Waals surface area contributed by atoms with E-state index >= 15 is 0 Å². The van der Waals surface area contributed by atoms with E-state index in [1.165, 1.54) is 0 Å². The Morgan fingerprint density at radius 3 is 2.44 bits per heavy atom. The molecule has 1 amide bonds. The van der Waals surface area contributed by atoms with Gasteiger partial charge in [0.1, 0.15) is 0 Å². The largest absolute Gasteiger partial charge is 0.341 e. The van der Waals surface area contributed by atoms with Crippen molar-refractivity contribution in [3.05, 3.63) is 0 Å². The van der Waals surface area contributed by atoms with Crippen LogP contribution in [0.25, 0.3) is 0 Å². The van der Waals surface area contributed by atoms with Crippen LogP contribution in [-0.2, 0) is 14.6 Å². The molecule has 18 heavy (non-hydrogen) atoms. The van der Waals surface area contributed by atoms with Crippen LogP contribution in [0.5, 0.6) is 0 Å². The van der Waals surface area contributed by atoms with Gasteiger partial charge < -0.3 is 10.2 Å². The summed E-state index contributed by atoms with van der Waals surface area (Å²) in [4.78, 5) is 13.8. The molecule has 106 valence electrons. The highest BCUT2D eigenvalue weighted by Crippen LogP contribution is 2.08. The second-order valence-corrected chi connectivity index (χ2v) is 7.16. The molecule has 1 heterocycles. The van der Waals surface area contributed by atoms with Gasteiger partial charge in [-0.25, -0.2) is 8.42 Å². The average Bonchev–Trinajstić information content (AvgIpc) is 2.80. The van der Waals surface area contributed by atoms with Crippen LogP contribution in [0.15, 0.2) is 0 Å². The number of sulfone groups is 1. The molecule has 1 saturated heterocycles. The lowest BCUT2D eigenvalue weighted by atomic mass is 10.3. The highest BCUT2D eigenvalue weighted by Gasteiger charge is 2.23. The first-order chi connectivity index (χ1) is 8.46. The van der Waals surface area contributed by atoms with Gasteiger partial charge >= 0.3 is 0 Å². The lowest BCUT2D eigenvalue weighted by molar-refractivity contribution is -0.131. The predicted octanol–water partition coefficient (Wildman–Crippen LogP) is 0.412. The monoisotopic (exact) mass is 276 g/mol. The Balaban J connectivity index is 2.28. The normalized spacial score (nSPS) is 18.0. The zero-order valence-electron chi connectivity index (χ0n) is 11.3. The molecule has 0 aromatic carbocycles. The topological polar surface area (TPSA) is 66.5 Å². The second-order valence-electron chi connectivity index (χ2n) is 4.86. The van der Waals surface area contributed by atoms with Gasteiger partial charge in [-0.1, -0.05) is 6.92 Å². The third-order valence-electron chi connectivity index (χ3n) is 3.17. The Bertz CT molecular complexity index is 362. The fourth-order valence-electron chi connectivity index (χ4n) is 2.14. The SMILES string of the molecule is CCCS(=O)(=O)CCNC(C)C(=O)N1CCCC1. The zero-order valence-corrected chi connectivity index (χ0v) is 12.1. The molecule has 1 fully saturated rings. The fraction of sp³-hybridized carbons (Fsp3) is 0.917. The Labute approximate surface area is 110 Å². The predicted molar refractivity (Wildman–Crippen MR) is 72.2 cm³/mol. The van der Waals surface area contributed by atoms with Crippen molar-refractivity contribution in [3.63, 3.8) is 0 Å². The van der Waals surface area contributed by atoms with Crippen molar-refractivity contribution in [1.82, 2.24) is 10.2 Å². The highest BCUT2D eigenvalue weighted by atomic mass is 32.2. The number of nitrogens with one attached hydrogen (secondary N) is 1. The fourth-order valence-corrected chi connectivity index (χ4v) is 3.40. The molecule has 1 unspecified atom stereocenters. The van der Waals surface area contributed by atoms with Gasteiger partial charge in [0.2, 0.25) is 5.91 Å².